The summed E-state index contributed by atoms with van der Waals surface area (Å²) >= 11 is 0. The molecule has 3 heterocycles. The standard InChI is InChI=1S/C24H28FN3O2/c25-21-9-5-18(6-10-21)7-12-23(29)28-15-3-4-20(17-28)22-11-8-19(16-26-22)24(30)27-13-1-2-14-27/h5-6,8-11,16,20H,1-4,7,12-15,17H2/t20-/m1/s1. The van der Waals surface area contributed by atoms with Crippen molar-refractivity contribution in [3.8, 4) is 0 Å². The van der Waals surface area contributed by atoms with E-state index in [9.17, 15) is 14.0 Å². The minimum atomic E-state index is -0.260. The molecule has 6 heteroatoms. The molecule has 1 aromatic carbocycles. The molecule has 0 aliphatic carbocycles. The normalized spacial score (nSPS) is 19.2. The smallest absolute Gasteiger partial charge is 0.255 e. The minimum absolute atomic E-state index is 0.0628. The molecule has 2 aliphatic heterocycles. The predicted octanol–water partition coefficient (Wildman–Crippen LogP) is 3.80. The molecule has 0 radical (unpaired) electrons. The van der Waals surface area contributed by atoms with E-state index in [-0.39, 0.29) is 23.5 Å². The number of amides is 2. The molecule has 0 bridgehead atoms. The molecule has 0 N–H and O–H groups in total. The summed E-state index contributed by atoms with van der Waals surface area (Å²) in [6.45, 7) is 3.09. The van der Waals surface area contributed by atoms with E-state index < -0.39 is 0 Å². The van der Waals surface area contributed by atoms with Gasteiger partial charge in [-0.05, 0) is 61.9 Å². The molecule has 5 nitrogen and oxygen atoms in total. The topological polar surface area (TPSA) is 53.5 Å². The number of pyridine rings is 1. The van der Waals surface area contributed by atoms with Crippen LogP contribution in [0.2, 0.25) is 0 Å². The van der Waals surface area contributed by atoms with Crippen LogP contribution in [-0.2, 0) is 11.2 Å². The summed E-state index contributed by atoms with van der Waals surface area (Å²) in [5.41, 5.74) is 2.56. The van der Waals surface area contributed by atoms with Gasteiger partial charge in [-0.2, -0.15) is 0 Å². The maximum absolute atomic E-state index is 13.0. The lowest BCUT2D eigenvalue weighted by molar-refractivity contribution is -0.132. The molecule has 0 unspecified atom stereocenters. The first-order valence-electron chi connectivity index (χ1n) is 10.9. The van der Waals surface area contributed by atoms with Crippen molar-refractivity contribution in [2.24, 2.45) is 0 Å². The fourth-order valence-corrected chi connectivity index (χ4v) is 4.38. The number of rotatable bonds is 5. The third-order valence-corrected chi connectivity index (χ3v) is 6.16. The second-order valence-corrected chi connectivity index (χ2v) is 8.28. The van der Waals surface area contributed by atoms with Gasteiger partial charge in [0.1, 0.15) is 5.82 Å². The van der Waals surface area contributed by atoms with Gasteiger partial charge in [0.15, 0.2) is 0 Å². The Bertz CT molecular complexity index is 876. The highest BCUT2D eigenvalue weighted by molar-refractivity contribution is 5.94. The Hall–Kier alpha value is -2.76. The van der Waals surface area contributed by atoms with E-state index in [0.717, 1.165) is 56.6 Å². The van der Waals surface area contributed by atoms with Gasteiger partial charge in [-0.3, -0.25) is 14.6 Å². The van der Waals surface area contributed by atoms with Crippen LogP contribution in [0, 0.1) is 5.82 Å². The molecule has 4 rings (SSSR count). The molecule has 1 atom stereocenters. The molecule has 2 amide bonds. The van der Waals surface area contributed by atoms with E-state index >= 15 is 0 Å². The van der Waals surface area contributed by atoms with E-state index in [1.54, 1.807) is 18.3 Å². The summed E-state index contributed by atoms with van der Waals surface area (Å²) in [6.07, 6.45) is 6.82. The fraction of sp³-hybridized carbons (Fsp3) is 0.458. The second kappa shape index (κ2) is 9.37. The third-order valence-electron chi connectivity index (χ3n) is 6.16. The van der Waals surface area contributed by atoms with E-state index in [4.69, 9.17) is 0 Å². The lowest BCUT2D eigenvalue weighted by Gasteiger charge is -2.32. The zero-order valence-corrected chi connectivity index (χ0v) is 17.2. The van der Waals surface area contributed by atoms with Gasteiger partial charge in [0.2, 0.25) is 5.91 Å². The van der Waals surface area contributed by atoms with Gasteiger partial charge in [-0.1, -0.05) is 12.1 Å². The van der Waals surface area contributed by atoms with Crippen LogP contribution in [0.3, 0.4) is 0 Å². The Morgan fingerprint density at radius 3 is 2.40 bits per heavy atom. The van der Waals surface area contributed by atoms with Crippen LogP contribution >= 0.6 is 0 Å². The van der Waals surface area contributed by atoms with Gasteiger partial charge >= 0.3 is 0 Å². The molecule has 2 fully saturated rings. The molecule has 2 saturated heterocycles. The van der Waals surface area contributed by atoms with E-state index in [2.05, 4.69) is 4.98 Å². The highest BCUT2D eigenvalue weighted by Gasteiger charge is 2.26. The van der Waals surface area contributed by atoms with Crippen molar-refractivity contribution in [2.75, 3.05) is 26.2 Å². The Morgan fingerprint density at radius 2 is 1.70 bits per heavy atom. The number of aromatic nitrogens is 1. The van der Waals surface area contributed by atoms with Gasteiger partial charge < -0.3 is 9.80 Å². The van der Waals surface area contributed by atoms with Crippen molar-refractivity contribution in [3.05, 3.63) is 65.2 Å². The summed E-state index contributed by atoms with van der Waals surface area (Å²) in [7, 11) is 0. The van der Waals surface area contributed by atoms with Crippen LogP contribution in [0.4, 0.5) is 4.39 Å². The van der Waals surface area contributed by atoms with E-state index in [0.29, 0.717) is 24.9 Å². The summed E-state index contributed by atoms with van der Waals surface area (Å²) in [4.78, 5) is 33.6. The number of carbonyl (C=O) groups is 2. The average Bonchev–Trinajstić information content (AvgIpc) is 3.33. The van der Waals surface area contributed by atoms with E-state index in [1.165, 1.54) is 12.1 Å². The van der Waals surface area contributed by atoms with E-state index in [1.807, 2.05) is 21.9 Å². The SMILES string of the molecule is O=C(CCc1ccc(F)cc1)N1CCC[C@@H](c2ccc(C(=O)N3CCCC3)cn2)C1. The van der Waals surface area contributed by atoms with Gasteiger partial charge in [0, 0.05) is 50.4 Å². The number of hydrogen-bond donors (Lipinski definition) is 0. The summed E-state index contributed by atoms with van der Waals surface area (Å²) in [5.74, 6) is 0.131. The lowest BCUT2D eigenvalue weighted by Crippen LogP contribution is -2.39. The molecule has 1 aromatic heterocycles. The quantitative estimate of drug-likeness (QED) is 0.755. The number of carbonyl (C=O) groups excluding carboxylic acids is 2. The number of benzene rings is 1. The number of nitrogens with zero attached hydrogens (tertiary/aromatic N) is 3. The third kappa shape index (κ3) is 4.86. The monoisotopic (exact) mass is 409 g/mol. The first-order chi connectivity index (χ1) is 14.6. The van der Waals surface area contributed by atoms with Crippen molar-refractivity contribution in [3.63, 3.8) is 0 Å². The fourth-order valence-electron chi connectivity index (χ4n) is 4.38. The van der Waals surface area contributed by atoms with Crippen molar-refractivity contribution in [2.45, 2.75) is 44.4 Å². The Morgan fingerprint density at radius 1 is 0.967 bits per heavy atom. The van der Waals surface area contributed by atoms with Gasteiger partial charge in [-0.15, -0.1) is 0 Å². The number of halogens is 1. The van der Waals surface area contributed by atoms with Crippen molar-refractivity contribution >= 4 is 11.8 Å². The second-order valence-electron chi connectivity index (χ2n) is 8.28. The molecule has 158 valence electrons. The highest BCUT2D eigenvalue weighted by atomic mass is 19.1. The molecule has 0 saturated carbocycles. The highest BCUT2D eigenvalue weighted by Crippen LogP contribution is 2.26. The number of hydrogen-bond acceptors (Lipinski definition) is 3. The predicted molar refractivity (Wildman–Crippen MR) is 113 cm³/mol. The Labute approximate surface area is 176 Å². The zero-order valence-electron chi connectivity index (χ0n) is 17.2. The van der Waals surface area contributed by atoms with Crippen molar-refractivity contribution in [1.29, 1.82) is 0 Å². The van der Waals surface area contributed by atoms with Crippen LogP contribution in [0.5, 0.6) is 0 Å². The summed E-state index contributed by atoms with van der Waals surface area (Å²) in [5, 5.41) is 0. The van der Waals surface area contributed by atoms with Crippen LogP contribution < -0.4 is 0 Å². The first-order valence-corrected chi connectivity index (χ1v) is 10.9. The largest absolute Gasteiger partial charge is 0.342 e. The Balaban J connectivity index is 1.33. The van der Waals surface area contributed by atoms with Crippen LogP contribution in [0.15, 0.2) is 42.6 Å². The molecule has 30 heavy (non-hydrogen) atoms. The van der Waals surface area contributed by atoms with Gasteiger partial charge in [-0.25, -0.2) is 4.39 Å². The van der Waals surface area contributed by atoms with Gasteiger partial charge in [0.25, 0.3) is 5.91 Å². The van der Waals surface area contributed by atoms with Gasteiger partial charge in [0.05, 0.1) is 5.56 Å². The lowest BCUT2D eigenvalue weighted by atomic mass is 9.93. The van der Waals surface area contributed by atoms with Crippen LogP contribution in [0.25, 0.3) is 0 Å². The minimum Gasteiger partial charge on any atom is -0.342 e. The number of aryl methyl sites for hydroxylation is 1. The zero-order chi connectivity index (χ0) is 20.9. The van der Waals surface area contributed by atoms with Crippen molar-refractivity contribution < 1.29 is 14.0 Å². The Kier molecular flexibility index (Phi) is 6.41. The van der Waals surface area contributed by atoms with Crippen LogP contribution in [-0.4, -0.2) is 52.8 Å². The maximum atomic E-state index is 13.0. The van der Waals surface area contributed by atoms with Crippen molar-refractivity contribution in [1.82, 2.24) is 14.8 Å². The number of piperidine rings is 1. The average molecular weight is 410 g/mol. The molecule has 0 spiro atoms. The number of likely N-dealkylation sites (tertiary alicyclic amines) is 2. The first kappa shape index (κ1) is 20.5. The summed E-state index contributed by atoms with van der Waals surface area (Å²) in [6, 6.07) is 10.1. The molecule has 2 aliphatic rings. The molecular formula is C24H28FN3O2. The maximum Gasteiger partial charge on any atom is 0.255 e. The molecular weight excluding hydrogens is 381 g/mol. The van der Waals surface area contributed by atoms with Crippen LogP contribution in [0.1, 0.15) is 59.6 Å². The molecule has 2 aromatic rings. The summed E-state index contributed by atoms with van der Waals surface area (Å²) < 4.78 is 13.0.